The number of unbranched alkanes of at least 4 members (excludes halogenated alkanes) is 43. The smallest absolute Gasteiger partial charge is 0.306 e. The van der Waals surface area contributed by atoms with Gasteiger partial charge in [-0.15, -0.1) is 0 Å². The van der Waals surface area contributed by atoms with Crippen molar-refractivity contribution in [1.82, 2.24) is 0 Å². The van der Waals surface area contributed by atoms with E-state index in [0.717, 1.165) is 83.5 Å². The van der Waals surface area contributed by atoms with E-state index in [1.54, 1.807) is 0 Å². The molecule has 0 bridgehead atoms. The van der Waals surface area contributed by atoms with Crippen molar-refractivity contribution in [2.45, 2.75) is 380 Å². The van der Waals surface area contributed by atoms with Crippen LogP contribution in [0, 0.1) is 0 Å². The molecule has 0 aliphatic heterocycles. The lowest BCUT2D eigenvalue weighted by molar-refractivity contribution is -0.167. The Labute approximate surface area is 510 Å². The zero-order valence-corrected chi connectivity index (χ0v) is 54.8. The van der Waals surface area contributed by atoms with Crippen molar-refractivity contribution in [3.05, 3.63) is 72.9 Å². The fraction of sp³-hybridized carbons (Fsp3) is 0.803. The predicted octanol–water partition coefficient (Wildman–Crippen LogP) is 24.8. The summed E-state index contributed by atoms with van der Waals surface area (Å²) in [6.07, 6.45) is 92.1. The highest BCUT2D eigenvalue weighted by Gasteiger charge is 2.19. The third-order valence-corrected chi connectivity index (χ3v) is 15.9. The molecule has 0 aromatic heterocycles. The van der Waals surface area contributed by atoms with Gasteiger partial charge in [-0.2, -0.15) is 0 Å². The fourth-order valence-corrected chi connectivity index (χ4v) is 10.5. The van der Waals surface area contributed by atoms with Crippen LogP contribution < -0.4 is 0 Å². The second-order valence-corrected chi connectivity index (χ2v) is 24.1. The lowest BCUT2D eigenvalue weighted by Gasteiger charge is -2.18. The topological polar surface area (TPSA) is 78.9 Å². The molecule has 0 fully saturated rings. The van der Waals surface area contributed by atoms with Crippen LogP contribution in [0.2, 0.25) is 0 Å². The van der Waals surface area contributed by atoms with Crippen molar-refractivity contribution in [1.29, 1.82) is 0 Å². The van der Waals surface area contributed by atoms with E-state index < -0.39 is 6.10 Å². The Morgan fingerprint density at radius 3 is 0.707 bits per heavy atom. The Morgan fingerprint density at radius 2 is 0.439 bits per heavy atom. The van der Waals surface area contributed by atoms with Crippen molar-refractivity contribution >= 4 is 17.9 Å². The maximum atomic E-state index is 13.0. The van der Waals surface area contributed by atoms with Crippen molar-refractivity contribution in [3.8, 4) is 0 Å². The van der Waals surface area contributed by atoms with Crippen LogP contribution in [-0.2, 0) is 28.6 Å². The fourth-order valence-electron chi connectivity index (χ4n) is 10.5. The standard InChI is InChI=1S/C76H136O6/c1-4-7-10-13-16-19-22-25-28-31-33-34-35-36-37-38-39-40-41-42-43-46-48-51-54-57-60-63-66-69-75(78)81-72-73(71-80-74(77)68-65-62-59-56-53-50-47-44-30-27-24-21-18-15-12-9-6-3)82-76(79)70-67-64-61-58-55-52-49-45-32-29-26-23-20-17-14-11-8-5-2/h20,22-23,25,27,29-33,35-36,73H,4-19,21,24,26,28,34,37-72H2,1-3H3/b23-20-,25-22-,30-27-,32-29-,33-31-,36-35-. The van der Waals surface area contributed by atoms with Gasteiger partial charge < -0.3 is 14.2 Å². The molecule has 0 amide bonds. The van der Waals surface area contributed by atoms with Crippen molar-refractivity contribution in [3.63, 3.8) is 0 Å². The van der Waals surface area contributed by atoms with Gasteiger partial charge in [-0.3, -0.25) is 14.4 Å². The second-order valence-electron chi connectivity index (χ2n) is 24.1. The average molecular weight is 1150 g/mol. The molecule has 0 radical (unpaired) electrons. The minimum absolute atomic E-state index is 0.0777. The first-order valence-corrected chi connectivity index (χ1v) is 35.9. The van der Waals surface area contributed by atoms with Crippen LogP contribution in [0.3, 0.4) is 0 Å². The summed E-state index contributed by atoms with van der Waals surface area (Å²) in [4.78, 5) is 38.5. The molecule has 82 heavy (non-hydrogen) atoms. The zero-order valence-electron chi connectivity index (χ0n) is 54.8. The summed E-state index contributed by atoms with van der Waals surface area (Å²) in [7, 11) is 0. The minimum atomic E-state index is -0.783. The lowest BCUT2D eigenvalue weighted by Crippen LogP contribution is -2.30. The van der Waals surface area contributed by atoms with E-state index in [1.165, 1.54) is 250 Å². The van der Waals surface area contributed by atoms with Gasteiger partial charge in [0.25, 0.3) is 0 Å². The number of carbonyl (C=O) groups is 3. The summed E-state index contributed by atoms with van der Waals surface area (Å²) in [6.45, 7) is 6.65. The van der Waals surface area contributed by atoms with Crippen molar-refractivity contribution in [2.24, 2.45) is 0 Å². The van der Waals surface area contributed by atoms with E-state index in [1.807, 2.05) is 0 Å². The van der Waals surface area contributed by atoms with Gasteiger partial charge in [-0.25, -0.2) is 0 Å². The van der Waals surface area contributed by atoms with E-state index in [9.17, 15) is 14.4 Å². The molecule has 0 saturated heterocycles. The first kappa shape index (κ1) is 78.8. The van der Waals surface area contributed by atoms with Gasteiger partial charge in [0.05, 0.1) is 0 Å². The molecule has 6 heteroatoms. The van der Waals surface area contributed by atoms with Crippen LogP contribution >= 0.6 is 0 Å². The SMILES string of the molecule is CCCCCC/C=C\C/C=C\CCCCCCCCCC(=O)OC(COC(=O)CCCCCCCCC/C=C\CCCCCCCC)COC(=O)CCCCCCCCCCCCCCCC/C=C\C/C=C\C/C=C\CCCCCCC. The first-order chi connectivity index (χ1) is 40.5. The molecule has 0 aromatic rings. The van der Waals surface area contributed by atoms with E-state index in [0.29, 0.717) is 19.3 Å². The molecule has 1 atom stereocenters. The first-order valence-electron chi connectivity index (χ1n) is 35.9. The van der Waals surface area contributed by atoms with Gasteiger partial charge in [0, 0.05) is 19.3 Å². The number of hydrogen-bond acceptors (Lipinski definition) is 6. The van der Waals surface area contributed by atoms with E-state index in [-0.39, 0.29) is 31.1 Å². The molecular formula is C76H136O6. The number of rotatable bonds is 66. The largest absolute Gasteiger partial charge is 0.462 e. The minimum Gasteiger partial charge on any atom is -0.462 e. The molecule has 0 aliphatic carbocycles. The van der Waals surface area contributed by atoms with Crippen LogP contribution in [0.5, 0.6) is 0 Å². The molecule has 6 nitrogen and oxygen atoms in total. The third-order valence-electron chi connectivity index (χ3n) is 15.9. The summed E-state index contributed by atoms with van der Waals surface area (Å²) in [5.41, 5.74) is 0. The van der Waals surface area contributed by atoms with Crippen molar-refractivity contribution in [2.75, 3.05) is 13.2 Å². The third kappa shape index (κ3) is 67.6. The summed E-state index contributed by atoms with van der Waals surface area (Å²) in [5.74, 6) is -0.870. The monoisotopic (exact) mass is 1150 g/mol. The Morgan fingerprint density at radius 1 is 0.244 bits per heavy atom. The molecule has 0 heterocycles. The van der Waals surface area contributed by atoms with Gasteiger partial charge in [0.1, 0.15) is 13.2 Å². The van der Waals surface area contributed by atoms with Gasteiger partial charge in [0.2, 0.25) is 0 Å². The number of ether oxygens (including phenoxy) is 3. The van der Waals surface area contributed by atoms with Gasteiger partial charge >= 0.3 is 17.9 Å². The highest BCUT2D eigenvalue weighted by atomic mass is 16.6. The predicted molar refractivity (Wildman–Crippen MR) is 358 cm³/mol. The van der Waals surface area contributed by atoms with Gasteiger partial charge in [-0.05, 0) is 116 Å². The Hall–Kier alpha value is -3.15. The zero-order chi connectivity index (χ0) is 59.2. The van der Waals surface area contributed by atoms with Crippen LogP contribution in [0.4, 0.5) is 0 Å². The average Bonchev–Trinajstić information content (AvgIpc) is 3.47. The van der Waals surface area contributed by atoms with Crippen LogP contribution in [0.1, 0.15) is 374 Å². The number of carbonyl (C=O) groups excluding carboxylic acids is 3. The molecule has 0 N–H and O–H groups in total. The molecule has 476 valence electrons. The summed E-state index contributed by atoms with van der Waals surface area (Å²) in [6, 6.07) is 0. The Kier molecular flexibility index (Phi) is 67.6. The molecule has 0 rings (SSSR count). The highest BCUT2D eigenvalue weighted by Crippen LogP contribution is 2.17. The van der Waals surface area contributed by atoms with Crippen molar-refractivity contribution < 1.29 is 28.6 Å². The number of esters is 3. The molecule has 0 aliphatic rings. The van der Waals surface area contributed by atoms with Crippen LogP contribution in [0.25, 0.3) is 0 Å². The number of allylic oxidation sites excluding steroid dienone is 12. The highest BCUT2D eigenvalue weighted by molar-refractivity contribution is 5.71. The second kappa shape index (κ2) is 70.3. The van der Waals surface area contributed by atoms with Gasteiger partial charge in [0.15, 0.2) is 6.10 Å². The van der Waals surface area contributed by atoms with Gasteiger partial charge in [-0.1, -0.05) is 312 Å². The van der Waals surface area contributed by atoms with Crippen LogP contribution in [-0.4, -0.2) is 37.2 Å². The maximum absolute atomic E-state index is 13.0. The van der Waals surface area contributed by atoms with E-state index in [4.69, 9.17) is 14.2 Å². The Balaban J connectivity index is 4.29. The lowest BCUT2D eigenvalue weighted by atomic mass is 10.0. The molecular weight excluding hydrogens is 1010 g/mol. The summed E-state index contributed by atoms with van der Waals surface area (Å²) < 4.78 is 17.0. The maximum Gasteiger partial charge on any atom is 0.306 e. The van der Waals surface area contributed by atoms with Crippen LogP contribution in [0.15, 0.2) is 72.9 Å². The summed E-state index contributed by atoms with van der Waals surface area (Å²) >= 11 is 0. The number of hydrogen-bond donors (Lipinski definition) is 0. The van der Waals surface area contributed by atoms with E-state index >= 15 is 0 Å². The molecule has 0 saturated carbocycles. The molecule has 0 spiro atoms. The Bertz CT molecular complexity index is 1500. The normalized spacial score (nSPS) is 12.5. The quantitative estimate of drug-likeness (QED) is 0.0261. The summed E-state index contributed by atoms with van der Waals surface area (Å²) in [5, 5.41) is 0. The molecule has 1 unspecified atom stereocenters. The van der Waals surface area contributed by atoms with E-state index in [2.05, 4.69) is 93.7 Å². The molecule has 0 aromatic carbocycles.